The summed E-state index contributed by atoms with van der Waals surface area (Å²) in [5.41, 5.74) is 1.15. The van der Waals surface area contributed by atoms with Crippen LogP contribution in [0, 0.1) is 0 Å². The van der Waals surface area contributed by atoms with Gasteiger partial charge in [-0.1, -0.05) is 18.2 Å². The summed E-state index contributed by atoms with van der Waals surface area (Å²) in [7, 11) is 3.60. The van der Waals surface area contributed by atoms with E-state index in [1.54, 1.807) is 7.11 Å². The number of rotatable bonds is 7. The van der Waals surface area contributed by atoms with Crippen molar-refractivity contribution in [3.05, 3.63) is 29.8 Å². The second-order valence-corrected chi connectivity index (χ2v) is 4.59. The van der Waals surface area contributed by atoms with Gasteiger partial charge in [0, 0.05) is 6.04 Å². The molecular formula is C15H23NO3. The molecule has 0 aliphatic carbocycles. The summed E-state index contributed by atoms with van der Waals surface area (Å²) < 4.78 is 10.3. The van der Waals surface area contributed by atoms with Gasteiger partial charge >= 0.3 is 5.97 Å². The smallest absolute Gasteiger partial charge is 0.320 e. The van der Waals surface area contributed by atoms with Gasteiger partial charge in [-0.25, -0.2) is 0 Å². The highest BCUT2D eigenvalue weighted by Crippen LogP contribution is 2.20. The zero-order chi connectivity index (χ0) is 14.3. The Hall–Kier alpha value is -1.55. The molecule has 1 rings (SSSR count). The molecule has 0 heterocycles. The molecular weight excluding hydrogens is 242 g/mol. The van der Waals surface area contributed by atoms with Gasteiger partial charge < -0.3 is 9.47 Å². The normalized spacial score (nSPS) is 12.3. The fourth-order valence-electron chi connectivity index (χ4n) is 1.91. The number of nitrogens with zero attached hydrogens (tertiary/aromatic N) is 1. The molecule has 1 atom stereocenters. The molecule has 1 unspecified atom stereocenters. The first-order chi connectivity index (χ1) is 9.08. The van der Waals surface area contributed by atoms with E-state index in [2.05, 4.69) is 6.92 Å². The number of carbonyl (C=O) groups is 1. The number of para-hydroxylation sites is 1. The Labute approximate surface area is 115 Å². The highest BCUT2D eigenvalue weighted by molar-refractivity contribution is 5.71. The fraction of sp³-hybridized carbons (Fsp3) is 0.533. The largest absolute Gasteiger partial charge is 0.496 e. The van der Waals surface area contributed by atoms with E-state index < -0.39 is 0 Å². The van der Waals surface area contributed by atoms with Crippen molar-refractivity contribution in [1.29, 1.82) is 0 Å². The molecule has 0 radical (unpaired) electrons. The molecule has 0 aromatic heterocycles. The summed E-state index contributed by atoms with van der Waals surface area (Å²) in [6.45, 7) is 4.64. The SMILES string of the molecule is CCOC(=O)CN(C)C(C)Cc1ccccc1OC. The predicted octanol–water partition coefficient (Wildman–Crippen LogP) is 2.12. The maximum atomic E-state index is 11.4. The Balaban J connectivity index is 2.58. The van der Waals surface area contributed by atoms with Gasteiger partial charge in [-0.3, -0.25) is 9.69 Å². The van der Waals surface area contributed by atoms with Gasteiger partial charge in [-0.15, -0.1) is 0 Å². The number of methoxy groups -OCH3 is 1. The van der Waals surface area contributed by atoms with Crippen LogP contribution in [0.2, 0.25) is 0 Å². The number of ether oxygens (including phenoxy) is 2. The first kappa shape index (κ1) is 15.5. The Bertz CT molecular complexity index is 406. The zero-order valence-corrected chi connectivity index (χ0v) is 12.2. The van der Waals surface area contributed by atoms with Crippen LogP contribution < -0.4 is 4.74 Å². The molecule has 4 heteroatoms. The predicted molar refractivity (Wildman–Crippen MR) is 75.4 cm³/mol. The van der Waals surface area contributed by atoms with Crippen LogP contribution in [-0.2, 0) is 16.0 Å². The molecule has 0 spiro atoms. The molecule has 106 valence electrons. The van der Waals surface area contributed by atoms with Crippen LogP contribution in [0.15, 0.2) is 24.3 Å². The summed E-state index contributed by atoms with van der Waals surface area (Å²) in [6, 6.07) is 8.19. The standard InChI is InChI=1S/C15H23NO3/c1-5-19-15(17)11-16(3)12(2)10-13-8-6-7-9-14(13)18-4/h6-9,12H,5,10-11H2,1-4H3. The Morgan fingerprint density at radius 2 is 2.05 bits per heavy atom. The van der Waals surface area contributed by atoms with E-state index >= 15 is 0 Å². The monoisotopic (exact) mass is 265 g/mol. The zero-order valence-electron chi connectivity index (χ0n) is 12.2. The molecule has 0 bridgehead atoms. The quantitative estimate of drug-likeness (QED) is 0.708. The van der Waals surface area contributed by atoms with E-state index in [4.69, 9.17) is 9.47 Å². The molecule has 1 aromatic carbocycles. The van der Waals surface area contributed by atoms with Crippen molar-refractivity contribution >= 4 is 5.97 Å². The third kappa shape index (κ3) is 4.91. The van der Waals surface area contributed by atoms with Crippen molar-refractivity contribution in [3.63, 3.8) is 0 Å². The molecule has 0 amide bonds. The van der Waals surface area contributed by atoms with E-state index in [-0.39, 0.29) is 12.0 Å². The summed E-state index contributed by atoms with van der Waals surface area (Å²) in [5.74, 6) is 0.704. The second kappa shape index (κ2) is 7.79. The number of hydrogen-bond donors (Lipinski definition) is 0. The summed E-state index contributed by atoms with van der Waals surface area (Å²) in [4.78, 5) is 13.4. The van der Waals surface area contributed by atoms with Crippen LogP contribution >= 0.6 is 0 Å². The Kier molecular flexibility index (Phi) is 6.36. The van der Waals surface area contributed by atoms with Crippen LogP contribution in [0.25, 0.3) is 0 Å². The lowest BCUT2D eigenvalue weighted by molar-refractivity contribution is -0.144. The Morgan fingerprint density at radius 1 is 1.37 bits per heavy atom. The molecule has 19 heavy (non-hydrogen) atoms. The second-order valence-electron chi connectivity index (χ2n) is 4.59. The van der Waals surface area contributed by atoms with Gasteiger partial charge in [0.15, 0.2) is 0 Å². The highest BCUT2D eigenvalue weighted by atomic mass is 16.5. The van der Waals surface area contributed by atoms with Gasteiger partial charge in [0.05, 0.1) is 20.3 Å². The van der Waals surface area contributed by atoms with Crippen molar-refractivity contribution in [2.45, 2.75) is 26.3 Å². The van der Waals surface area contributed by atoms with Crippen LogP contribution in [-0.4, -0.2) is 44.2 Å². The lowest BCUT2D eigenvalue weighted by Gasteiger charge is -2.24. The summed E-state index contributed by atoms with van der Waals surface area (Å²) >= 11 is 0. The first-order valence-corrected chi connectivity index (χ1v) is 6.56. The van der Waals surface area contributed by atoms with E-state index in [1.165, 1.54) is 0 Å². The average molecular weight is 265 g/mol. The minimum atomic E-state index is -0.183. The molecule has 0 N–H and O–H groups in total. The Morgan fingerprint density at radius 3 is 2.68 bits per heavy atom. The molecule has 4 nitrogen and oxygen atoms in total. The minimum Gasteiger partial charge on any atom is -0.496 e. The molecule has 0 aliphatic rings. The van der Waals surface area contributed by atoms with Crippen molar-refractivity contribution in [2.24, 2.45) is 0 Å². The first-order valence-electron chi connectivity index (χ1n) is 6.56. The minimum absolute atomic E-state index is 0.183. The van der Waals surface area contributed by atoms with E-state index in [0.29, 0.717) is 13.2 Å². The third-order valence-electron chi connectivity index (χ3n) is 3.14. The van der Waals surface area contributed by atoms with Crippen LogP contribution in [0.3, 0.4) is 0 Å². The number of hydrogen-bond acceptors (Lipinski definition) is 4. The molecule has 1 aromatic rings. The third-order valence-corrected chi connectivity index (χ3v) is 3.14. The number of likely N-dealkylation sites (N-methyl/N-ethyl adjacent to an activating group) is 1. The topological polar surface area (TPSA) is 38.8 Å². The van der Waals surface area contributed by atoms with E-state index in [9.17, 15) is 4.79 Å². The molecule has 0 fully saturated rings. The number of benzene rings is 1. The lowest BCUT2D eigenvalue weighted by atomic mass is 10.1. The molecule has 0 saturated carbocycles. The van der Waals surface area contributed by atoms with Gasteiger partial charge in [0.25, 0.3) is 0 Å². The van der Waals surface area contributed by atoms with Gasteiger partial charge in [0.1, 0.15) is 5.75 Å². The van der Waals surface area contributed by atoms with E-state index in [1.807, 2.05) is 43.1 Å². The van der Waals surface area contributed by atoms with Gasteiger partial charge in [-0.2, -0.15) is 0 Å². The summed E-state index contributed by atoms with van der Waals surface area (Å²) in [6.07, 6.45) is 0.833. The van der Waals surface area contributed by atoms with Crippen LogP contribution in [0.1, 0.15) is 19.4 Å². The number of esters is 1. The lowest BCUT2D eigenvalue weighted by Crippen LogP contribution is -2.36. The van der Waals surface area contributed by atoms with E-state index in [0.717, 1.165) is 17.7 Å². The average Bonchev–Trinajstić information content (AvgIpc) is 2.39. The van der Waals surface area contributed by atoms with Crippen molar-refractivity contribution in [3.8, 4) is 5.75 Å². The van der Waals surface area contributed by atoms with Crippen LogP contribution in [0.4, 0.5) is 0 Å². The van der Waals surface area contributed by atoms with Crippen molar-refractivity contribution in [1.82, 2.24) is 4.90 Å². The van der Waals surface area contributed by atoms with Gasteiger partial charge in [0.2, 0.25) is 0 Å². The van der Waals surface area contributed by atoms with Gasteiger partial charge in [-0.05, 0) is 38.9 Å². The maximum Gasteiger partial charge on any atom is 0.320 e. The van der Waals surface area contributed by atoms with Crippen molar-refractivity contribution < 1.29 is 14.3 Å². The highest BCUT2D eigenvalue weighted by Gasteiger charge is 2.15. The van der Waals surface area contributed by atoms with Crippen molar-refractivity contribution in [2.75, 3.05) is 27.3 Å². The maximum absolute atomic E-state index is 11.4. The number of carbonyl (C=O) groups excluding carboxylic acids is 1. The fourth-order valence-corrected chi connectivity index (χ4v) is 1.91. The molecule has 0 aliphatic heterocycles. The molecule has 0 saturated heterocycles. The summed E-state index contributed by atoms with van der Waals surface area (Å²) in [5, 5.41) is 0. The van der Waals surface area contributed by atoms with Crippen LogP contribution in [0.5, 0.6) is 5.75 Å².